The lowest BCUT2D eigenvalue weighted by Crippen LogP contribution is -2.41. The molecule has 188 valence electrons. The van der Waals surface area contributed by atoms with Crippen LogP contribution in [-0.4, -0.2) is 60.4 Å². The van der Waals surface area contributed by atoms with Crippen molar-refractivity contribution in [2.45, 2.75) is 32.7 Å². The van der Waals surface area contributed by atoms with Crippen LogP contribution in [0.5, 0.6) is 0 Å². The second-order valence-corrected chi connectivity index (χ2v) is 12.7. The van der Waals surface area contributed by atoms with E-state index in [9.17, 15) is 0 Å². The molecule has 3 heterocycles. The number of H-pyrrole nitrogens is 1. The molecule has 1 aliphatic rings. The van der Waals surface area contributed by atoms with Gasteiger partial charge in [-0.05, 0) is 80.5 Å². The molecule has 36 heavy (non-hydrogen) atoms. The zero-order valence-corrected chi connectivity index (χ0v) is 22.9. The molecule has 1 aliphatic heterocycles. The van der Waals surface area contributed by atoms with E-state index in [0.29, 0.717) is 6.04 Å². The number of fused-ring (bicyclic) bond motifs is 1. The van der Waals surface area contributed by atoms with Gasteiger partial charge < -0.3 is 20.1 Å². The monoisotopic (exact) mass is 499 g/mol. The summed E-state index contributed by atoms with van der Waals surface area (Å²) in [6, 6.07) is 22.8. The summed E-state index contributed by atoms with van der Waals surface area (Å²) >= 11 is 0. The Hall–Kier alpha value is -2.88. The number of anilines is 3. The minimum Gasteiger partial charge on any atom is -0.371 e. The Morgan fingerprint density at radius 3 is 2.39 bits per heavy atom. The molecule has 2 aromatic heterocycles. The third-order valence-electron chi connectivity index (χ3n) is 7.55. The number of para-hydroxylation sites is 1. The molecule has 0 saturated carbocycles. The highest BCUT2D eigenvalue weighted by Gasteiger charge is 2.21. The third-order valence-corrected chi connectivity index (χ3v) is 10.1. The largest absolute Gasteiger partial charge is 0.371 e. The van der Waals surface area contributed by atoms with Crippen LogP contribution in [0.2, 0.25) is 0 Å². The fraction of sp³-hybridized carbons (Fsp3) is 0.367. The first kappa shape index (κ1) is 24.8. The first-order valence-corrected chi connectivity index (χ1v) is 14.9. The highest BCUT2D eigenvalue weighted by Crippen LogP contribution is 2.38. The van der Waals surface area contributed by atoms with E-state index in [1.807, 2.05) is 6.20 Å². The average Bonchev–Trinajstić information content (AvgIpc) is 3.36. The minimum absolute atomic E-state index is 0.150. The number of aromatic amines is 1. The Balaban J connectivity index is 1.37. The molecule has 6 heteroatoms. The van der Waals surface area contributed by atoms with Crippen LogP contribution in [0.4, 0.5) is 17.1 Å². The molecule has 1 saturated heterocycles. The van der Waals surface area contributed by atoms with Crippen LogP contribution in [0.1, 0.15) is 26.7 Å². The van der Waals surface area contributed by atoms with Gasteiger partial charge in [-0.25, -0.2) is 4.98 Å². The van der Waals surface area contributed by atoms with E-state index in [1.165, 1.54) is 47.4 Å². The van der Waals surface area contributed by atoms with Crippen LogP contribution >= 0.6 is 7.92 Å². The molecule has 0 aliphatic carbocycles. The van der Waals surface area contributed by atoms with Crippen molar-refractivity contribution in [2.24, 2.45) is 0 Å². The number of pyridine rings is 1. The zero-order chi connectivity index (χ0) is 25.1. The fourth-order valence-electron chi connectivity index (χ4n) is 5.35. The SMILES string of the molecule is CCP(CC)c1ccccc1Nc1ccnc2[nH]c(-c3ccc(N4CCC(N(C)C)CC4)cc3)cc12. The van der Waals surface area contributed by atoms with E-state index in [1.54, 1.807) is 0 Å². The number of rotatable bonds is 8. The molecule has 0 spiro atoms. The van der Waals surface area contributed by atoms with E-state index in [4.69, 9.17) is 0 Å². The standard InChI is InChI=1S/C30H38N5P/c1-5-36(6-2)29-10-8-7-9-27(29)32-26-15-18-31-30-25(26)21-28(33-30)22-11-13-24(14-12-22)35-19-16-23(17-20-35)34(3)4/h7-15,18,21,23H,5-6,16-17,19-20H2,1-4H3,(H2,31,32,33). The smallest absolute Gasteiger partial charge is 0.139 e. The van der Waals surface area contributed by atoms with Gasteiger partial charge in [-0.2, -0.15) is 0 Å². The lowest BCUT2D eigenvalue weighted by atomic mass is 10.0. The van der Waals surface area contributed by atoms with Gasteiger partial charge in [-0.3, -0.25) is 0 Å². The molecule has 0 bridgehead atoms. The Bertz CT molecular complexity index is 1280. The van der Waals surface area contributed by atoms with Crippen LogP contribution in [0.25, 0.3) is 22.3 Å². The first-order chi connectivity index (χ1) is 17.6. The van der Waals surface area contributed by atoms with Gasteiger partial charge in [0, 0.05) is 47.8 Å². The van der Waals surface area contributed by atoms with E-state index in [2.05, 4.69) is 114 Å². The Morgan fingerprint density at radius 1 is 0.972 bits per heavy atom. The summed E-state index contributed by atoms with van der Waals surface area (Å²) in [6.45, 7) is 6.83. The molecule has 0 atom stereocenters. The molecule has 5 rings (SSSR count). The number of aromatic nitrogens is 2. The quantitative estimate of drug-likeness (QED) is 0.267. The van der Waals surface area contributed by atoms with Crippen molar-refractivity contribution in [1.29, 1.82) is 0 Å². The summed E-state index contributed by atoms with van der Waals surface area (Å²) in [7, 11) is 4.24. The van der Waals surface area contributed by atoms with Crippen molar-refractivity contribution >= 4 is 41.3 Å². The number of hydrogen-bond acceptors (Lipinski definition) is 4. The molecule has 5 nitrogen and oxygen atoms in total. The van der Waals surface area contributed by atoms with Gasteiger partial charge in [0.25, 0.3) is 0 Å². The van der Waals surface area contributed by atoms with Gasteiger partial charge in [-0.1, -0.05) is 52.1 Å². The predicted molar refractivity (Wildman–Crippen MR) is 158 cm³/mol. The van der Waals surface area contributed by atoms with Gasteiger partial charge in [-0.15, -0.1) is 0 Å². The molecule has 2 aromatic carbocycles. The number of nitrogens with one attached hydrogen (secondary N) is 2. The molecule has 0 unspecified atom stereocenters. The van der Waals surface area contributed by atoms with Crippen LogP contribution < -0.4 is 15.5 Å². The molecule has 1 fully saturated rings. The highest BCUT2D eigenvalue weighted by molar-refractivity contribution is 7.65. The lowest BCUT2D eigenvalue weighted by molar-refractivity contribution is 0.249. The maximum atomic E-state index is 4.63. The second kappa shape index (κ2) is 11.0. The van der Waals surface area contributed by atoms with E-state index < -0.39 is 0 Å². The van der Waals surface area contributed by atoms with Crippen molar-refractivity contribution in [1.82, 2.24) is 14.9 Å². The summed E-state index contributed by atoms with van der Waals surface area (Å²) in [4.78, 5) is 13.0. The molecule has 2 N–H and O–H groups in total. The van der Waals surface area contributed by atoms with Crippen LogP contribution in [0, 0.1) is 0 Å². The normalized spacial score (nSPS) is 14.8. The number of benzene rings is 2. The van der Waals surface area contributed by atoms with Crippen LogP contribution in [-0.2, 0) is 0 Å². The van der Waals surface area contributed by atoms with Crippen LogP contribution in [0.15, 0.2) is 66.9 Å². The van der Waals surface area contributed by atoms with Crippen LogP contribution in [0.3, 0.4) is 0 Å². The van der Waals surface area contributed by atoms with Crippen molar-refractivity contribution in [2.75, 3.05) is 49.7 Å². The molecular weight excluding hydrogens is 461 g/mol. The zero-order valence-electron chi connectivity index (χ0n) is 22.0. The molecule has 4 aromatic rings. The predicted octanol–water partition coefficient (Wildman–Crippen LogP) is 6.65. The minimum atomic E-state index is -0.150. The van der Waals surface area contributed by atoms with Crippen molar-refractivity contribution in [3.8, 4) is 11.3 Å². The summed E-state index contributed by atoms with van der Waals surface area (Å²) in [5, 5.41) is 6.31. The first-order valence-electron chi connectivity index (χ1n) is 13.2. The number of hydrogen-bond donors (Lipinski definition) is 2. The topological polar surface area (TPSA) is 47.2 Å². The van der Waals surface area contributed by atoms with Gasteiger partial charge in [0.2, 0.25) is 0 Å². The van der Waals surface area contributed by atoms with Crippen molar-refractivity contribution < 1.29 is 0 Å². The second-order valence-electron chi connectivity index (χ2n) is 9.85. The van der Waals surface area contributed by atoms with Gasteiger partial charge in [0.1, 0.15) is 5.65 Å². The third kappa shape index (κ3) is 5.14. The van der Waals surface area contributed by atoms with E-state index in [-0.39, 0.29) is 7.92 Å². The molecular formula is C30H38N5P. The van der Waals surface area contributed by atoms with E-state index in [0.717, 1.165) is 35.5 Å². The average molecular weight is 500 g/mol. The van der Waals surface area contributed by atoms with Gasteiger partial charge >= 0.3 is 0 Å². The fourth-order valence-corrected chi connectivity index (χ4v) is 7.24. The Morgan fingerprint density at radius 2 is 1.69 bits per heavy atom. The number of piperidine rings is 1. The lowest BCUT2D eigenvalue weighted by Gasteiger charge is -2.36. The highest BCUT2D eigenvalue weighted by atomic mass is 31.1. The van der Waals surface area contributed by atoms with Crippen molar-refractivity contribution in [3.63, 3.8) is 0 Å². The number of nitrogens with zero attached hydrogens (tertiary/aromatic N) is 3. The van der Waals surface area contributed by atoms with Gasteiger partial charge in [0.15, 0.2) is 0 Å². The summed E-state index contributed by atoms with van der Waals surface area (Å²) in [6.07, 6.45) is 6.73. The molecule has 0 radical (unpaired) electrons. The van der Waals surface area contributed by atoms with E-state index >= 15 is 0 Å². The molecule has 0 amide bonds. The summed E-state index contributed by atoms with van der Waals surface area (Å²) < 4.78 is 0. The summed E-state index contributed by atoms with van der Waals surface area (Å²) in [5.74, 6) is 0. The van der Waals surface area contributed by atoms with Gasteiger partial charge in [0.05, 0.1) is 5.69 Å². The van der Waals surface area contributed by atoms with Crippen molar-refractivity contribution in [3.05, 3.63) is 66.9 Å². The maximum Gasteiger partial charge on any atom is 0.139 e. The summed E-state index contributed by atoms with van der Waals surface area (Å²) in [5.41, 5.74) is 6.82. The Kier molecular flexibility index (Phi) is 7.59. The Labute approximate surface area is 216 Å². The maximum absolute atomic E-state index is 4.63.